The maximum atomic E-state index is 12.1. The lowest BCUT2D eigenvalue weighted by Crippen LogP contribution is -2.44. The van der Waals surface area contributed by atoms with E-state index in [0.717, 1.165) is 12.8 Å². The van der Waals surface area contributed by atoms with Crippen LogP contribution in [-0.2, 0) is 19.6 Å². The zero-order valence-electron chi connectivity index (χ0n) is 11.3. The first-order valence-electron chi connectivity index (χ1n) is 6.39. The summed E-state index contributed by atoms with van der Waals surface area (Å²) in [5.74, 6) is -0.726. The summed E-state index contributed by atoms with van der Waals surface area (Å²) in [4.78, 5) is 25.2. The van der Waals surface area contributed by atoms with Crippen molar-refractivity contribution < 1.29 is 18.0 Å². The minimum atomic E-state index is -3.56. The van der Waals surface area contributed by atoms with Gasteiger partial charge in [0.2, 0.25) is 21.8 Å². The summed E-state index contributed by atoms with van der Waals surface area (Å²) in [6.45, 7) is 3.92. The second kappa shape index (κ2) is 6.44. The van der Waals surface area contributed by atoms with Crippen molar-refractivity contribution in [2.75, 3.05) is 12.3 Å². The van der Waals surface area contributed by atoms with Gasteiger partial charge in [0.25, 0.3) is 0 Å². The monoisotopic (exact) mass is 291 g/mol. The summed E-state index contributed by atoms with van der Waals surface area (Å²) in [7, 11) is -3.56. The van der Waals surface area contributed by atoms with Gasteiger partial charge < -0.3 is 5.32 Å². The predicted molar refractivity (Wildman–Crippen MR) is 70.6 cm³/mol. The van der Waals surface area contributed by atoms with Crippen molar-refractivity contribution in [3.05, 3.63) is 0 Å². The molecule has 0 spiro atoms. The third-order valence-corrected chi connectivity index (χ3v) is 4.04. The van der Waals surface area contributed by atoms with Crippen LogP contribution in [0.4, 0.5) is 0 Å². The van der Waals surface area contributed by atoms with Crippen molar-refractivity contribution in [1.82, 2.24) is 10.2 Å². The third-order valence-electron chi connectivity index (χ3n) is 3.27. The second-order valence-electron chi connectivity index (χ2n) is 4.65. The van der Waals surface area contributed by atoms with Gasteiger partial charge in [-0.25, -0.2) is 13.6 Å². The van der Waals surface area contributed by atoms with Gasteiger partial charge in [-0.3, -0.25) is 14.5 Å². The minimum absolute atomic E-state index is 0.0687. The number of nitrogens with zero attached hydrogens (tertiary/aromatic N) is 1. The highest BCUT2D eigenvalue weighted by atomic mass is 32.2. The van der Waals surface area contributed by atoms with E-state index < -0.39 is 16.1 Å². The van der Waals surface area contributed by atoms with Crippen molar-refractivity contribution in [3.8, 4) is 0 Å². The minimum Gasteiger partial charge on any atom is -0.304 e. The van der Waals surface area contributed by atoms with Gasteiger partial charge in [-0.1, -0.05) is 13.8 Å². The van der Waals surface area contributed by atoms with E-state index in [4.69, 9.17) is 5.14 Å². The topological polar surface area (TPSA) is 110 Å². The van der Waals surface area contributed by atoms with Crippen LogP contribution < -0.4 is 10.5 Å². The molecule has 1 heterocycles. The van der Waals surface area contributed by atoms with Gasteiger partial charge in [0.15, 0.2) is 0 Å². The molecule has 1 unspecified atom stereocenters. The van der Waals surface area contributed by atoms with E-state index in [0.29, 0.717) is 0 Å². The molecule has 110 valence electrons. The number of amides is 2. The number of sulfonamides is 1. The fourth-order valence-electron chi connectivity index (χ4n) is 2.22. The highest BCUT2D eigenvalue weighted by Gasteiger charge is 2.40. The number of carbonyl (C=O) groups is 2. The van der Waals surface area contributed by atoms with Crippen molar-refractivity contribution in [3.63, 3.8) is 0 Å². The highest BCUT2D eigenvalue weighted by molar-refractivity contribution is 7.89. The van der Waals surface area contributed by atoms with Gasteiger partial charge in [-0.2, -0.15) is 0 Å². The molecule has 1 aliphatic heterocycles. The summed E-state index contributed by atoms with van der Waals surface area (Å²) in [5.41, 5.74) is 0. The normalized spacial score (nSPS) is 20.6. The van der Waals surface area contributed by atoms with E-state index in [-0.39, 0.29) is 36.6 Å². The average Bonchev–Trinajstić information content (AvgIpc) is 2.57. The van der Waals surface area contributed by atoms with Gasteiger partial charge in [0.1, 0.15) is 0 Å². The smallest absolute Gasteiger partial charge is 0.247 e. The van der Waals surface area contributed by atoms with Gasteiger partial charge in [0, 0.05) is 12.6 Å². The Morgan fingerprint density at radius 3 is 2.42 bits per heavy atom. The van der Waals surface area contributed by atoms with Crippen LogP contribution in [0.3, 0.4) is 0 Å². The summed E-state index contributed by atoms with van der Waals surface area (Å²) in [6, 6.07) is -0.708. The van der Waals surface area contributed by atoms with E-state index in [1.54, 1.807) is 0 Å². The van der Waals surface area contributed by atoms with E-state index >= 15 is 0 Å². The van der Waals surface area contributed by atoms with Crippen molar-refractivity contribution in [1.29, 1.82) is 0 Å². The Balaban J connectivity index is 2.60. The van der Waals surface area contributed by atoms with Gasteiger partial charge in [-0.15, -0.1) is 0 Å². The van der Waals surface area contributed by atoms with E-state index in [1.807, 2.05) is 13.8 Å². The highest BCUT2D eigenvalue weighted by Crippen LogP contribution is 2.19. The quantitative estimate of drug-likeness (QED) is 0.596. The molecule has 2 amide bonds. The van der Waals surface area contributed by atoms with Gasteiger partial charge >= 0.3 is 0 Å². The Morgan fingerprint density at radius 1 is 1.37 bits per heavy atom. The molecule has 1 fully saturated rings. The number of primary sulfonamides is 1. The maximum Gasteiger partial charge on any atom is 0.247 e. The zero-order valence-corrected chi connectivity index (χ0v) is 12.1. The molecule has 0 aromatic carbocycles. The molecule has 0 bridgehead atoms. The Bertz CT molecular complexity index is 445. The third kappa shape index (κ3) is 4.26. The molecule has 0 aromatic rings. The second-order valence-corrected chi connectivity index (χ2v) is 6.38. The molecule has 1 rings (SSSR count). The number of nitrogens with one attached hydrogen (secondary N) is 1. The van der Waals surface area contributed by atoms with Crippen LogP contribution in [0.15, 0.2) is 0 Å². The number of likely N-dealkylation sites (tertiary alicyclic amines) is 1. The molecule has 0 radical (unpaired) electrons. The first-order valence-corrected chi connectivity index (χ1v) is 8.11. The van der Waals surface area contributed by atoms with Crippen LogP contribution in [0, 0.1) is 0 Å². The van der Waals surface area contributed by atoms with E-state index in [9.17, 15) is 18.0 Å². The number of hydrogen-bond donors (Lipinski definition) is 2. The molecule has 8 heteroatoms. The summed E-state index contributed by atoms with van der Waals surface area (Å²) in [5, 5.41) is 7.65. The average molecular weight is 291 g/mol. The van der Waals surface area contributed by atoms with Crippen LogP contribution in [0.2, 0.25) is 0 Å². The number of nitrogens with two attached hydrogens (primary N) is 1. The van der Waals surface area contributed by atoms with Gasteiger partial charge in [0.05, 0.1) is 18.2 Å². The maximum absolute atomic E-state index is 12.1. The number of imide groups is 1. The molecule has 19 heavy (non-hydrogen) atoms. The fraction of sp³-hybridized carbons (Fsp3) is 0.818. The number of carbonyl (C=O) groups excluding carboxylic acids is 2. The predicted octanol–water partition coefficient (Wildman–Crippen LogP) is -0.819. The molecule has 1 atom stereocenters. The lowest BCUT2D eigenvalue weighted by atomic mass is 10.1. The first-order chi connectivity index (χ1) is 8.80. The summed E-state index contributed by atoms with van der Waals surface area (Å²) < 4.78 is 21.6. The molecular weight excluding hydrogens is 270 g/mol. The number of rotatable bonds is 7. The molecule has 1 saturated heterocycles. The Hall–Kier alpha value is -0.990. The molecule has 0 aromatic heterocycles. The zero-order chi connectivity index (χ0) is 14.6. The summed E-state index contributed by atoms with van der Waals surface area (Å²) >= 11 is 0. The molecule has 3 N–H and O–H groups in total. The number of hydrogen-bond acceptors (Lipinski definition) is 5. The van der Waals surface area contributed by atoms with Crippen LogP contribution >= 0.6 is 0 Å². The fourth-order valence-corrected chi connectivity index (χ4v) is 2.63. The molecule has 0 aliphatic carbocycles. The largest absolute Gasteiger partial charge is 0.304 e. The first kappa shape index (κ1) is 16.1. The van der Waals surface area contributed by atoms with Crippen LogP contribution in [0.25, 0.3) is 0 Å². The standard InChI is InChI=1S/C11H21N3O4S/c1-3-8(4-2)14-10(15)7-9(11(14)16)13-5-6-19(12,17)18/h8-9,13H,3-7H2,1-2H3,(H2,12,17,18). The van der Waals surface area contributed by atoms with Gasteiger partial charge in [-0.05, 0) is 12.8 Å². The Labute approximate surface area is 113 Å². The Kier molecular flexibility index (Phi) is 5.45. The van der Waals surface area contributed by atoms with Crippen LogP contribution in [-0.4, -0.2) is 49.5 Å². The molecule has 1 aliphatic rings. The van der Waals surface area contributed by atoms with Crippen molar-refractivity contribution in [2.45, 2.75) is 45.2 Å². The van der Waals surface area contributed by atoms with Crippen molar-refractivity contribution in [2.24, 2.45) is 5.14 Å². The summed E-state index contributed by atoms with van der Waals surface area (Å²) in [6.07, 6.45) is 1.52. The Morgan fingerprint density at radius 2 is 1.95 bits per heavy atom. The molecule has 7 nitrogen and oxygen atoms in total. The van der Waals surface area contributed by atoms with E-state index in [2.05, 4.69) is 5.32 Å². The molecule has 0 saturated carbocycles. The molecular formula is C11H21N3O4S. The van der Waals surface area contributed by atoms with E-state index in [1.165, 1.54) is 4.90 Å². The van der Waals surface area contributed by atoms with Crippen LogP contribution in [0.1, 0.15) is 33.1 Å². The van der Waals surface area contributed by atoms with Crippen LogP contribution in [0.5, 0.6) is 0 Å². The SMILES string of the molecule is CCC(CC)N1C(=O)CC(NCCS(N)(=O)=O)C1=O. The van der Waals surface area contributed by atoms with Crippen molar-refractivity contribution >= 4 is 21.8 Å². The lowest BCUT2D eigenvalue weighted by Gasteiger charge is -2.24. The lowest BCUT2D eigenvalue weighted by molar-refractivity contribution is -0.141.